The minimum absolute atomic E-state index is 0.0950. The fraction of sp³-hybridized carbons (Fsp3) is 0.176. The maximum atomic E-state index is 13.5. The van der Waals surface area contributed by atoms with Gasteiger partial charge < -0.3 is 14.2 Å². The number of halogens is 2. The maximum Gasteiger partial charge on any atom is 0.347 e. The number of hydrogen-bond acceptors (Lipinski definition) is 5. The molecule has 0 spiro atoms. The number of ether oxygens (including phenoxy) is 3. The highest BCUT2D eigenvalue weighted by molar-refractivity contribution is 6.30. The van der Waals surface area contributed by atoms with Gasteiger partial charge >= 0.3 is 5.97 Å². The molecule has 2 rings (SSSR count). The third-order valence-corrected chi connectivity index (χ3v) is 2.97. The number of pyridine rings is 1. The summed E-state index contributed by atoms with van der Waals surface area (Å²) in [4.78, 5) is 15.0. The summed E-state index contributed by atoms with van der Waals surface area (Å²) >= 11 is 5.75. The Hall–Kier alpha value is -2.78. The second-order valence-corrected chi connectivity index (χ2v) is 5.02. The fourth-order valence-electron chi connectivity index (χ4n) is 1.67. The monoisotopic (exact) mass is 349 g/mol. The zero-order valence-electron chi connectivity index (χ0n) is 12.7. The van der Waals surface area contributed by atoms with Crippen LogP contribution in [0.1, 0.15) is 6.92 Å². The molecule has 0 amide bonds. The molecule has 0 aliphatic heterocycles. The minimum Gasteiger partial charge on any atom is -0.479 e. The fourth-order valence-corrected chi connectivity index (χ4v) is 1.82. The van der Waals surface area contributed by atoms with Crippen LogP contribution in [0.2, 0.25) is 5.02 Å². The number of terminal acetylenes is 1. The first-order valence-corrected chi connectivity index (χ1v) is 7.23. The van der Waals surface area contributed by atoms with Crippen molar-refractivity contribution in [1.82, 2.24) is 4.98 Å². The van der Waals surface area contributed by atoms with Crippen molar-refractivity contribution >= 4 is 17.6 Å². The summed E-state index contributed by atoms with van der Waals surface area (Å²) < 4.78 is 29.1. The van der Waals surface area contributed by atoms with Gasteiger partial charge in [-0.25, -0.2) is 9.78 Å². The Labute approximate surface area is 143 Å². The molecule has 0 fully saturated rings. The van der Waals surface area contributed by atoms with Crippen LogP contribution in [0.5, 0.6) is 17.2 Å². The van der Waals surface area contributed by atoms with Crippen molar-refractivity contribution in [3.63, 3.8) is 0 Å². The molecule has 0 aliphatic rings. The first kappa shape index (κ1) is 17.6. The van der Waals surface area contributed by atoms with E-state index >= 15 is 0 Å². The lowest BCUT2D eigenvalue weighted by molar-refractivity contribution is -0.149. The number of nitrogens with zero attached hydrogens (tertiary/aromatic N) is 1. The van der Waals surface area contributed by atoms with Gasteiger partial charge in [0.15, 0.2) is 18.5 Å². The zero-order chi connectivity index (χ0) is 17.5. The van der Waals surface area contributed by atoms with Crippen LogP contribution in [0, 0.1) is 18.3 Å². The Morgan fingerprint density at radius 3 is 2.71 bits per heavy atom. The molecule has 1 aromatic heterocycles. The van der Waals surface area contributed by atoms with Gasteiger partial charge in [0.25, 0.3) is 5.95 Å². The highest BCUT2D eigenvalue weighted by Crippen LogP contribution is 2.27. The van der Waals surface area contributed by atoms with Crippen molar-refractivity contribution in [3.05, 3.63) is 47.5 Å². The first-order chi connectivity index (χ1) is 11.5. The molecule has 0 radical (unpaired) electrons. The SMILES string of the molecule is C#CCOC(=O)C(C)Oc1ccc(Oc2cc(Cl)cnc2F)cc1. The van der Waals surface area contributed by atoms with Crippen LogP contribution >= 0.6 is 11.6 Å². The van der Waals surface area contributed by atoms with Gasteiger partial charge in [0.1, 0.15) is 11.5 Å². The molecule has 1 unspecified atom stereocenters. The summed E-state index contributed by atoms with van der Waals surface area (Å²) in [5.41, 5.74) is 0. The van der Waals surface area contributed by atoms with Crippen molar-refractivity contribution in [2.45, 2.75) is 13.0 Å². The van der Waals surface area contributed by atoms with E-state index in [1.165, 1.54) is 19.2 Å². The lowest BCUT2D eigenvalue weighted by Gasteiger charge is -2.13. The Bertz CT molecular complexity index is 758. The quantitative estimate of drug-likeness (QED) is 0.453. The molecule has 0 saturated heterocycles. The van der Waals surface area contributed by atoms with Gasteiger partial charge in [-0.1, -0.05) is 17.5 Å². The van der Waals surface area contributed by atoms with Crippen LogP contribution in [0.15, 0.2) is 36.5 Å². The van der Waals surface area contributed by atoms with E-state index in [1.807, 2.05) is 0 Å². The number of aromatic nitrogens is 1. The first-order valence-electron chi connectivity index (χ1n) is 6.85. The smallest absolute Gasteiger partial charge is 0.347 e. The Kier molecular flexibility index (Phi) is 5.99. The van der Waals surface area contributed by atoms with E-state index in [0.29, 0.717) is 11.5 Å². The van der Waals surface area contributed by atoms with Crippen molar-refractivity contribution in [2.24, 2.45) is 0 Å². The summed E-state index contributed by atoms with van der Waals surface area (Å²) in [6.45, 7) is 1.43. The summed E-state index contributed by atoms with van der Waals surface area (Å²) in [6.07, 6.45) is 5.37. The Morgan fingerprint density at radius 2 is 2.04 bits per heavy atom. The predicted octanol–water partition coefficient (Wildman–Crippen LogP) is 3.61. The number of benzene rings is 1. The average Bonchev–Trinajstić information content (AvgIpc) is 2.57. The summed E-state index contributed by atoms with van der Waals surface area (Å²) in [7, 11) is 0. The van der Waals surface area contributed by atoms with E-state index in [2.05, 4.69) is 10.9 Å². The highest BCUT2D eigenvalue weighted by atomic mass is 35.5. The van der Waals surface area contributed by atoms with Crippen LogP contribution in [-0.4, -0.2) is 23.7 Å². The Balaban J connectivity index is 1.99. The topological polar surface area (TPSA) is 57.7 Å². The zero-order valence-corrected chi connectivity index (χ0v) is 13.4. The van der Waals surface area contributed by atoms with Crippen molar-refractivity contribution in [3.8, 4) is 29.6 Å². The van der Waals surface area contributed by atoms with Gasteiger partial charge in [0, 0.05) is 12.3 Å². The predicted molar refractivity (Wildman–Crippen MR) is 85.6 cm³/mol. The summed E-state index contributed by atoms with van der Waals surface area (Å²) in [5.74, 6) is 1.53. The molecular weight excluding hydrogens is 337 g/mol. The van der Waals surface area contributed by atoms with Crippen LogP contribution in [-0.2, 0) is 9.53 Å². The normalized spacial score (nSPS) is 11.2. The number of carbonyl (C=O) groups excluding carboxylic acids is 1. The van der Waals surface area contributed by atoms with Crippen molar-refractivity contribution in [2.75, 3.05) is 6.61 Å². The van der Waals surface area contributed by atoms with E-state index in [9.17, 15) is 9.18 Å². The minimum atomic E-state index is -0.820. The molecule has 0 bridgehead atoms. The largest absolute Gasteiger partial charge is 0.479 e. The molecule has 5 nitrogen and oxygen atoms in total. The second-order valence-electron chi connectivity index (χ2n) is 4.59. The van der Waals surface area contributed by atoms with Gasteiger partial charge in [-0.2, -0.15) is 4.39 Å². The number of esters is 1. The summed E-state index contributed by atoms with van der Waals surface area (Å²) in [5, 5.41) is 0.255. The molecule has 1 aromatic carbocycles. The molecule has 0 N–H and O–H groups in total. The number of carbonyl (C=O) groups is 1. The molecule has 2 aromatic rings. The van der Waals surface area contributed by atoms with Crippen molar-refractivity contribution < 1.29 is 23.4 Å². The molecule has 0 saturated carbocycles. The molecular formula is C17H13ClFNO4. The molecule has 7 heteroatoms. The number of rotatable bonds is 6. The maximum absolute atomic E-state index is 13.5. The van der Waals surface area contributed by atoms with E-state index in [0.717, 1.165) is 0 Å². The lowest BCUT2D eigenvalue weighted by Crippen LogP contribution is -2.26. The Morgan fingerprint density at radius 1 is 1.38 bits per heavy atom. The van der Waals surface area contributed by atoms with Crippen LogP contribution < -0.4 is 9.47 Å². The molecule has 1 heterocycles. The standard InChI is InChI=1S/C17H13ClFNO4/c1-3-8-22-17(21)11(2)23-13-4-6-14(7-5-13)24-15-9-12(18)10-20-16(15)19/h1,4-7,9-11H,8H2,2H3. The van der Waals surface area contributed by atoms with Gasteiger partial charge in [0.05, 0.1) is 5.02 Å². The molecule has 24 heavy (non-hydrogen) atoms. The van der Waals surface area contributed by atoms with E-state index < -0.39 is 18.0 Å². The molecule has 0 aliphatic carbocycles. The van der Waals surface area contributed by atoms with Gasteiger partial charge in [-0.15, -0.1) is 6.42 Å². The number of hydrogen-bond donors (Lipinski definition) is 0. The molecule has 1 atom stereocenters. The third kappa shape index (κ3) is 4.86. The third-order valence-electron chi connectivity index (χ3n) is 2.77. The van der Waals surface area contributed by atoms with Gasteiger partial charge in [-0.3, -0.25) is 0 Å². The van der Waals surface area contributed by atoms with Gasteiger partial charge in [0.2, 0.25) is 0 Å². The van der Waals surface area contributed by atoms with Crippen LogP contribution in [0.25, 0.3) is 0 Å². The summed E-state index contributed by atoms with van der Waals surface area (Å²) in [6, 6.07) is 7.55. The van der Waals surface area contributed by atoms with Crippen LogP contribution in [0.4, 0.5) is 4.39 Å². The van der Waals surface area contributed by atoms with Gasteiger partial charge in [-0.05, 0) is 31.2 Å². The van der Waals surface area contributed by atoms with Crippen molar-refractivity contribution in [1.29, 1.82) is 0 Å². The second kappa shape index (κ2) is 8.18. The highest BCUT2D eigenvalue weighted by Gasteiger charge is 2.16. The van der Waals surface area contributed by atoms with E-state index in [-0.39, 0.29) is 17.4 Å². The molecule has 124 valence electrons. The lowest BCUT2D eigenvalue weighted by atomic mass is 10.3. The van der Waals surface area contributed by atoms with E-state index in [4.69, 9.17) is 32.2 Å². The van der Waals surface area contributed by atoms with Crippen LogP contribution in [0.3, 0.4) is 0 Å². The average molecular weight is 350 g/mol. The van der Waals surface area contributed by atoms with E-state index in [1.54, 1.807) is 24.3 Å².